The van der Waals surface area contributed by atoms with Crippen molar-refractivity contribution < 1.29 is 14.3 Å². The minimum absolute atomic E-state index is 0.0276. The van der Waals surface area contributed by atoms with Crippen LogP contribution in [-0.2, 0) is 16.6 Å². The van der Waals surface area contributed by atoms with Crippen molar-refractivity contribution in [1.29, 1.82) is 0 Å². The van der Waals surface area contributed by atoms with Crippen molar-refractivity contribution in [2.24, 2.45) is 11.3 Å². The lowest BCUT2D eigenvalue weighted by atomic mass is 9.42. The first-order valence-corrected chi connectivity index (χ1v) is 15.3. The maximum atomic E-state index is 14.1. The third-order valence-corrected chi connectivity index (χ3v) is 12.6. The number of rotatable bonds is 5. The molecule has 6 nitrogen and oxygen atoms in total. The van der Waals surface area contributed by atoms with Crippen molar-refractivity contribution in [1.82, 2.24) is 14.7 Å². The zero-order valence-corrected chi connectivity index (χ0v) is 22.3. The molecule has 5 saturated heterocycles. The monoisotopic (exact) mass is 503 g/mol. The summed E-state index contributed by atoms with van der Waals surface area (Å²) in [6, 6.07) is 6.53. The average molecular weight is 504 g/mol. The number of carbonyl (C=O) groups excluding carboxylic acids is 1. The number of likely N-dealkylation sites (tertiary alicyclic amines) is 1. The third-order valence-electron chi connectivity index (χ3n) is 12.6. The van der Waals surface area contributed by atoms with E-state index in [1.54, 1.807) is 7.11 Å². The van der Waals surface area contributed by atoms with Crippen LogP contribution < -0.4 is 9.47 Å². The fourth-order valence-corrected chi connectivity index (χ4v) is 11.0. The quantitative estimate of drug-likeness (QED) is 0.613. The highest BCUT2D eigenvalue weighted by Gasteiger charge is 2.74. The fraction of sp³-hybridized carbons (Fsp3) is 0.774. The summed E-state index contributed by atoms with van der Waals surface area (Å²) >= 11 is 0. The molecule has 6 aliphatic heterocycles. The van der Waals surface area contributed by atoms with Crippen LogP contribution in [0.5, 0.6) is 11.5 Å². The molecule has 6 heterocycles. The van der Waals surface area contributed by atoms with Gasteiger partial charge in [-0.25, -0.2) is 0 Å². The van der Waals surface area contributed by atoms with Gasteiger partial charge in [0.1, 0.15) is 6.10 Å². The number of fused-ring (bicyclic) bond motifs is 5. The molecule has 198 valence electrons. The molecule has 1 amide bonds. The molecule has 37 heavy (non-hydrogen) atoms. The van der Waals surface area contributed by atoms with Crippen LogP contribution in [0, 0.1) is 11.3 Å². The van der Waals surface area contributed by atoms with Gasteiger partial charge in [0.2, 0.25) is 5.91 Å². The number of hydrogen-bond donors (Lipinski definition) is 0. The van der Waals surface area contributed by atoms with Crippen LogP contribution in [0.1, 0.15) is 75.3 Å². The summed E-state index contributed by atoms with van der Waals surface area (Å²) in [4.78, 5) is 21.9. The molecular weight excluding hydrogens is 462 g/mol. The second-order valence-electron chi connectivity index (χ2n) is 13.8. The number of piperidine rings is 1. The predicted octanol–water partition coefficient (Wildman–Crippen LogP) is 3.74. The second kappa shape index (κ2) is 7.44. The zero-order chi connectivity index (χ0) is 24.5. The number of methoxy groups -OCH3 is 1. The number of amides is 1. The first-order chi connectivity index (χ1) is 18.1. The van der Waals surface area contributed by atoms with Gasteiger partial charge in [-0.05, 0) is 94.7 Å². The van der Waals surface area contributed by atoms with Crippen molar-refractivity contribution in [3.05, 3.63) is 23.3 Å². The van der Waals surface area contributed by atoms with Crippen LogP contribution in [0.2, 0.25) is 0 Å². The lowest BCUT2D eigenvalue weighted by Crippen LogP contribution is -2.72. The summed E-state index contributed by atoms with van der Waals surface area (Å²) in [7, 11) is 1.78. The van der Waals surface area contributed by atoms with Crippen molar-refractivity contribution in [3.63, 3.8) is 0 Å². The summed E-state index contributed by atoms with van der Waals surface area (Å²) in [5.74, 6) is 3.18. The summed E-state index contributed by atoms with van der Waals surface area (Å²) < 4.78 is 13.0. The van der Waals surface area contributed by atoms with Gasteiger partial charge >= 0.3 is 0 Å². The normalized spacial score (nSPS) is 43.1. The molecule has 10 rings (SSSR count). The van der Waals surface area contributed by atoms with Crippen LogP contribution in [-0.4, -0.2) is 84.2 Å². The number of hydrogen-bond acceptors (Lipinski definition) is 5. The molecule has 3 aliphatic carbocycles. The van der Waals surface area contributed by atoms with Gasteiger partial charge in [0.15, 0.2) is 11.5 Å². The molecule has 1 aromatic rings. The van der Waals surface area contributed by atoms with Gasteiger partial charge in [-0.2, -0.15) is 0 Å². The highest BCUT2D eigenvalue weighted by molar-refractivity contribution is 5.79. The van der Waals surface area contributed by atoms with Gasteiger partial charge < -0.3 is 14.4 Å². The van der Waals surface area contributed by atoms with E-state index < -0.39 is 0 Å². The van der Waals surface area contributed by atoms with Crippen LogP contribution in [0.25, 0.3) is 0 Å². The first kappa shape index (κ1) is 22.1. The molecule has 6 heteroatoms. The molecule has 6 bridgehead atoms. The summed E-state index contributed by atoms with van der Waals surface area (Å²) in [6.45, 7) is 3.99. The molecule has 9 aliphatic rings. The Morgan fingerprint density at radius 2 is 1.84 bits per heavy atom. The molecule has 5 atom stereocenters. The standard InChI is InChI=1S/C31H41N3O3/c1-36-24-9-4-20-16-25-30-11-10-23(33(15-12-30)26(35)18-34-21-5-6-22(34)8-7-21)29-31(30,27(20)28(24)37-29)13-14-32(25)17-19-2-3-19/h4,9,19,21-23,25,29H,2-3,5-8,10-18H2,1H3/t21?,22?,23-,25+,29+,30-,31-/m1/s1. The van der Waals surface area contributed by atoms with Crippen molar-refractivity contribution in [2.45, 2.75) is 106 Å². The Morgan fingerprint density at radius 3 is 2.59 bits per heavy atom. The topological polar surface area (TPSA) is 45.3 Å². The number of nitrogens with zero attached hydrogens (tertiary/aromatic N) is 3. The van der Waals surface area contributed by atoms with Gasteiger partial charge in [0.25, 0.3) is 0 Å². The number of ether oxygens (including phenoxy) is 2. The Labute approximate surface area is 220 Å². The van der Waals surface area contributed by atoms with E-state index in [1.807, 2.05) is 0 Å². The molecule has 0 radical (unpaired) electrons. The lowest BCUT2D eigenvalue weighted by Gasteiger charge is -2.66. The largest absolute Gasteiger partial charge is 0.493 e. The Balaban J connectivity index is 1.14. The SMILES string of the molecule is COc1ccc2c3c1O[C@H]1[C@H]4CC[C@@]5(CCN4C(=O)CN4C6CCC4CC6)[C@H](C2)N(CC2CC2)CC[C@@]315. The maximum Gasteiger partial charge on any atom is 0.237 e. The molecular formula is C31H41N3O3. The highest BCUT2D eigenvalue weighted by Crippen LogP contribution is 2.71. The molecule has 2 spiro atoms. The van der Waals surface area contributed by atoms with E-state index >= 15 is 0 Å². The minimum atomic E-state index is 0.0276. The zero-order valence-electron chi connectivity index (χ0n) is 22.3. The van der Waals surface area contributed by atoms with E-state index in [4.69, 9.17) is 9.47 Å². The van der Waals surface area contributed by atoms with Gasteiger partial charge in [0.05, 0.1) is 19.7 Å². The van der Waals surface area contributed by atoms with Gasteiger partial charge in [-0.3, -0.25) is 14.6 Å². The first-order valence-electron chi connectivity index (χ1n) is 15.3. The highest BCUT2D eigenvalue weighted by atomic mass is 16.5. The predicted molar refractivity (Wildman–Crippen MR) is 140 cm³/mol. The van der Waals surface area contributed by atoms with Gasteiger partial charge in [-0.15, -0.1) is 0 Å². The lowest BCUT2D eigenvalue weighted by molar-refractivity contribution is -0.145. The van der Waals surface area contributed by atoms with E-state index in [-0.39, 0.29) is 23.0 Å². The Kier molecular flexibility index (Phi) is 4.44. The Hall–Kier alpha value is -1.79. The van der Waals surface area contributed by atoms with E-state index in [0.717, 1.165) is 43.2 Å². The van der Waals surface area contributed by atoms with Crippen molar-refractivity contribution >= 4 is 5.91 Å². The Bertz CT molecular complexity index is 1150. The molecule has 2 saturated carbocycles. The van der Waals surface area contributed by atoms with E-state index in [2.05, 4.69) is 26.8 Å². The van der Waals surface area contributed by atoms with E-state index in [0.29, 0.717) is 30.6 Å². The number of benzene rings is 1. The van der Waals surface area contributed by atoms with Crippen molar-refractivity contribution in [2.75, 3.05) is 33.3 Å². The van der Waals surface area contributed by atoms with Gasteiger partial charge in [-0.1, -0.05) is 6.07 Å². The number of carbonyl (C=O) groups is 1. The molecule has 0 unspecified atom stereocenters. The van der Waals surface area contributed by atoms with Crippen LogP contribution >= 0.6 is 0 Å². The molecule has 0 aromatic heterocycles. The van der Waals surface area contributed by atoms with Crippen LogP contribution in [0.4, 0.5) is 0 Å². The van der Waals surface area contributed by atoms with E-state index in [1.165, 1.54) is 75.6 Å². The molecule has 1 aromatic carbocycles. The van der Waals surface area contributed by atoms with Gasteiger partial charge in [0, 0.05) is 47.6 Å². The summed E-state index contributed by atoms with van der Waals surface area (Å²) in [5, 5.41) is 0. The van der Waals surface area contributed by atoms with Crippen LogP contribution in [0.15, 0.2) is 12.1 Å². The average Bonchev–Trinajstić information content (AvgIpc) is 3.52. The summed E-state index contributed by atoms with van der Waals surface area (Å²) in [5.41, 5.74) is 3.21. The Morgan fingerprint density at radius 1 is 1.03 bits per heavy atom. The third kappa shape index (κ3) is 2.67. The summed E-state index contributed by atoms with van der Waals surface area (Å²) in [6.07, 6.45) is 13.8. The second-order valence-corrected chi connectivity index (χ2v) is 13.8. The smallest absolute Gasteiger partial charge is 0.237 e. The maximum absolute atomic E-state index is 14.1. The molecule has 7 fully saturated rings. The fourth-order valence-electron chi connectivity index (χ4n) is 11.0. The van der Waals surface area contributed by atoms with E-state index in [9.17, 15) is 4.79 Å². The minimum Gasteiger partial charge on any atom is -0.493 e. The van der Waals surface area contributed by atoms with Crippen molar-refractivity contribution in [3.8, 4) is 11.5 Å². The van der Waals surface area contributed by atoms with Crippen LogP contribution in [0.3, 0.4) is 0 Å². The molecule has 0 N–H and O–H groups in total.